The maximum Gasteiger partial charge on any atom is 0.102 e. The highest BCUT2D eigenvalue weighted by molar-refractivity contribution is 7.99. The molecule has 0 rings (SSSR count). The lowest BCUT2D eigenvalue weighted by Gasteiger charge is -2.14. The van der Waals surface area contributed by atoms with Gasteiger partial charge in [-0.15, -0.1) is 0 Å². The van der Waals surface area contributed by atoms with Gasteiger partial charge in [0.05, 0.1) is 18.8 Å². The van der Waals surface area contributed by atoms with Crippen molar-refractivity contribution >= 4 is 11.8 Å². The number of aliphatic hydroxyl groups is 2. The summed E-state index contributed by atoms with van der Waals surface area (Å²) < 4.78 is 0. The Balaban J connectivity index is 3.42. The van der Waals surface area contributed by atoms with Crippen LogP contribution in [0.15, 0.2) is 0 Å². The highest BCUT2D eigenvalue weighted by Crippen LogP contribution is 2.11. The summed E-state index contributed by atoms with van der Waals surface area (Å²) in [6.07, 6.45) is -0.0807. The fourth-order valence-corrected chi connectivity index (χ4v) is 1.72. The zero-order valence-electron chi connectivity index (χ0n) is 7.73. The topological polar surface area (TPSA) is 90.3 Å². The lowest BCUT2D eigenvalue weighted by Crippen LogP contribution is -2.34. The van der Waals surface area contributed by atoms with E-state index in [-0.39, 0.29) is 6.61 Å². The molecule has 0 saturated carbocycles. The van der Waals surface area contributed by atoms with Gasteiger partial charge in [0.15, 0.2) is 0 Å². The van der Waals surface area contributed by atoms with Crippen LogP contribution in [0.1, 0.15) is 13.3 Å². The molecule has 0 amide bonds. The second-order valence-corrected chi connectivity index (χ2v) is 4.34. The summed E-state index contributed by atoms with van der Waals surface area (Å²) in [4.78, 5) is 0. The maximum atomic E-state index is 8.98. The molecule has 0 bridgehead atoms. The summed E-state index contributed by atoms with van der Waals surface area (Å²) in [5.74, 6) is 1.20. The molecule has 0 heterocycles. The molecule has 13 heavy (non-hydrogen) atoms. The first kappa shape index (κ1) is 12.7. The Morgan fingerprint density at radius 3 is 2.77 bits per heavy atom. The molecule has 4 N–H and O–H groups in total. The molecule has 76 valence electrons. The highest BCUT2D eigenvalue weighted by atomic mass is 32.2. The third-order valence-electron chi connectivity index (χ3n) is 1.54. The van der Waals surface area contributed by atoms with Gasteiger partial charge in [-0.1, -0.05) is 0 Å². The molecule has 0 radical (unpaired) electrons. The number of rotatable bonds is 6. The van der Waals surface area contributed by atoms with E-state index in [2.05, 4.69) is 0 Å². The molecule has 0 spiro atoms. The molecule has 2 unspecified atom stereocenters. The number of nitrogens with two attached hydrogens (primary N) is 1. The van der Waals surface area contributed by atoms with Crippen LogP contribution in [0.3, 0.4) is 0 Å². The van der Waals surface area contributed by atoms with Crippen molar-refractivity contribution in [2.24, 2.45) is 5.73 Å². The van der Waals surface area contributed by atoms with Crippen LogP contribution >= 0.6 is 11.8 Å². The Labute approximate surface area is 82.7 Å². The first-order valence-electron chi connectivity index (χ1n) is 4.08. The van der Waals surface area contributed by atoms with Gasteiger partial charge in [0, 0.05) is 5.75 Å². The van der Waals surface area contributed by atoms with Gasteiger partial charge in [0.2, 0.25) is 0 Å². The fourth-order valence-electron chi connectivity index (χ4n) is 0.612. The smallest absolute Gasteiger partial charge is 0.102 e. The third-order valence-corrected chi connectivity index (χ3v) is 2.66. The quantitative estimate of drug-likeness (QED) is 0.517. The van der Waals surface area contributed by atoms with E-state index in [0.29, 0.717) is 12.2 Å². The molecule has 0 saturated heterocycles. The van der Waals surface area contributed by atoms with E-state index >= 15 is 0 Å². The summed E-state index contributed by atoms with van der Waals surface area (Å²) in [5.41, 5.74) is 4.80. The minimum absolute atomic E-state index is 0.217. The van der Waals surface area contributed by atoms with Gasteiger partial charge in [0.25, 0.3) is 0 Å². The fraction of sp³-hybridized carbons (Fsp3) is 0.875. The number of aliphatic hydroxyl groups excluding tert-OH is 2. The van der Waals surface area contributed by atoms with Gasteiger partial charge in [0.1, 0.15) is 5.54 Å². The van der Waals surface area contributed by atoms with E-state index < -0.39 is 11.6 Å². The molecular formula is C8H16N2O2S. The molecule has 0 aliphatic carbocycles. The van der Waals surface area contributed by atoms with Crippen molar-refractivity contribution in [3.63, 3.8) is 0 Å². The van der Waals surface area contributed by atoms with Crippen LogP contribution in [0.5, 0.6) is 0 Å². The SMILES string of the molecule is CC(N)(C#N)CCSCC(O)CO. The summed E-state index contributed by atoms with van der Waals surface area (Å²) in [5, 5.41) is 26.1. The first-order chi connectivity index (χ1) is 6.02. The van der Waals surface area contributed by atoms with Crippen LogP contribution in [0.25, 0.3) is 0 Å². The summed E-state index contributed by atoms with van der Waals surface area (Å²) in [6, 6.07) is 2.00. The van der Waals surface area contributed by atoms with Crippen molar-refractivity contribution in [2.45, 2.75) is 25.0 Å². The van der Waals surface area contributed by atoms with Gasteiger partial charge >= 0.3 is 0 Å². The van der Waals surface area contributed by atoms with Gasteiger partial charge < -0.3 is 15.9 Å². The van der Waals surface area contributed by atoms with Crippen LogP contribution in [0, 0.1) is 11.3 Å². The molecule has 4 nitrogen and oxygen atoms in total. The first-order valence-corrected chi connectivity index (χ1v) is 5.24. The number of hydrogen-bond donors (Lipinski definition) is 3. The van der Waals surface area contributed by atoms with Crippen molar-refractivity contribution in [1.29, 1.82) is 5.26 Å². The molecule has 0 aliphatic heterocycles. The standard InChI is InChI=1S/C8H16N2O2S/c1-8(10,6-9)2-3-13-5-7(12)4-11/h7,11-12H,2-5,10H2,1H3. The Morgan fingerprint density at radius 1 is 1.69 bits per heavy atom. The molecule has 5 heteroatoms. The molecule has 0 aromatic rings. The van der Waals surface area contributed by atoms with Crippen LogP contribution in [-0.2, 0) is 0 Å². The number of nitriles is 1. The Kier molecular flexibility index (Phi) is 6.08. The van der Waals surface area contributed by atoms with Gasteiger partial charge in [-0.05, 0) is 19.1 Å². The Bertz CT molecular complexity index is 179. The second-order valence-electron chi connectivity index (χ2n) is 3.19. The number of nitrogens with zero attached hydrogens (tertiary/aromatic N) is 1. The van der Waals surface area contributed by atoms with Crippen molar-refractivity contribution in [3.05, 3.63) is 0 Å². The van der Waals surface area contributed by atoms with Crippen molar-refractivity contribution in [1.82, 2.24) is 0 Å². The van der Waals surface area contributed by atoms with Crippen LogP contribution in [-0.4, -0.2) is 40.0 Å². The molecule has 0 aliphatic rings. The summed E-state index contributed by atoms with van der Waals surface area (Å²) in [7, 11) is 0. The molecule has 0 aromatic heterocycles. The normalized spacial score (nSPS) is 17.5. The summed E-state index contributed by atoms with van der Waals surface area (Å²) in [6.45, 7) is 1.46. The minimum Gasteiger partial charge on any atom is -0.394 e. The predicted octanol–water partition coefficient (Wildman–Crippen LogP) is -0.296. The van der Waals surface area contributed by atoms with Gasteiger partial charge in [-0.3, -0.25) is 0 Å². The molecule has 0 aromatic carbocycles. The zero-order valence-corrected chi connectivity index (χ0v) is 8.55. The number of thioether (sulfide) groups is 1. The van der Waals surface area contributed by atoms with Crippen LogP contribution in [0.2, 0.25) is 0 Å². The van der Waals surface area contributed by atoms with E-state index in [9.17, 15) is 0 Å². The average Bonchev–Trinajstić information content (AvgIpc) is 2.12. The second kappa shape index (κ2) is 6.22. The van der Waals surface area contributed by atoms with Gasteiger partial charge in [-0.25, -0.2) is 0 Å². The third kappa shape index (κ3) is 6.84. The Hall–Kier alpha value is -0.280. The zero-order chi connectivity index (χ0) is 10.3. The van der Waals surface area contributed by atoms with E-state index in [1.807, 2.05) is 6.07 Å². The lowest BCUT2D eigenvalue weighted by atomic mass is 10.0. The highest BCUT2D eigenvalue weighted by Gasteiger charge is 2.16. The number of hydrogen-bond acceptors (Lipinski definition) is 5. The molecular weight excluding hydrogens is 188 g/mol. The molecule has 0 fully saturated rings. The summed E-state index contributed by atoms with van der Waals surface area (Å²) >= 11 is 1.49. The van der Waals surface area contributed by atoms with E-state index in [1.54, 1.807) is 6.92 Å². The lowest BCUT2D eigenvalue weighted by molar-refractivity contribution is 0.113. The van der Waals surface area contributed by atoms with E-state index in [1.165, 1.54) is 11.8 Å². The average molecular weight is 204 g/mol. The largest absolute Gasteiger partial charge is 0.394 e. The van der Waals surface area contributed by atoms with Crippen molar-refractivity contribution in [2.75, 3.05) is 18.1 Å². The predicted molar refractivity (Wildman–Crippen MR) is 53.2 cm³/mol. The van der Waals surface area contributed by atoms with Crippen LogP contribution < -0.4 is 5.73 Å². The van der Waals surface area contributed by atoms with Gasteiger partial charge in [-0.2, -0.15) is 17.0 Å². The van der Waals surface area contributed by atoms with E-state index in [4.69, 9.17) is 21.2 Å². The van der Waals surface area contributed by atoms with Crippen molar-refractivity contribution < 1.29 is 10.2 Å². The minimum atomic E-state index is -0.781. The van der Waals surface area contributed by atoms with E-state index in [0.717, 1.165) is 5.75 Å². The maximum absolute atomic E-state index is 8.98. The Morgan fingerprint density at radius 2 is 2.31 bits per heavy atom. The van der Waals surface area contributed by atoms with Crippen molar-refractivity contribution in [3.8, 4) is 6.07 Å². The molecule has 2 atom stereocenters. The van der Waals surface area contributed by atoms with Crippen LogP contribution in [0.4, 0.5) is 0 Å². The monoisotopic (exact) mass is 204 g/mol.